The summed E-state index contributed by atoms with van der Waals surface area (Å²) < 4.78 is 3.86. The predicted octanol–water partition coefficient (Wildman–Crippen LogP) is 0.974. The molecule has 0 radical (unpaired) electrons. The lowest BCUT2D eigenvalue weighted by Gasteiger charge is -2.15. The largest absolute Gasteiger partial charge is 0.329 e. The standard InChI is InChI=1S/C13H16N6/c1-18-7-10(6-16-18)12(17-14)8-19-9-15-11-4-2-3-5-13(11)19/h2-7,9,12,17H,8,14H2,1H3. The van der Waals surface area contributed by atoms with Crippen LogP contribution in [0, 0.1) is 0 Å². The van der Waals surface area contributed by atoms with Crippen LogP contribution in [0.25, 0.3) is 11.0 Å². The van der Waals surface area contributed by atoms with Gasteiger partial charge in [0.05, 0.1) is 29.6 Å². The number of para-hydroxylation sites is 2. The van der Waals surface area contributed by atoms with Gasteiger partial charge in [0, 0.05) is 25.4 Å². The quantitative estimate of drug-likeness (QED) is 0.539. The van der Waals surface area contributed by atoms with E-state index in [2.05, 4.69) is 26.1 Å². The summed E-state index contributed by atoms with van der Waals surface area (Å²) in [7, 11) is 1.89. The Morgan fingerprint density at radius 3 is 2.95 bits per heavy atom. The summed E-state index contributed by atoms with van der Waals surface area (Å²) in [5.41, 5.74) is 5.98. The van der Waals surface area contributed by atoms with Crippen LogP contribution in [0.5, 0.6) is 0 Å². The van der Waals surface area contributed by atoms with Crippen molar-refractivity contribution >= 4 is 11.0 Å². The molecular formula is C13H16N6. The van der Waals surface area contributed by atoms with Crippen LogP contribution in [0.3, 0.4) is 0 Å². The molecule has 0 amide bonds. The van der Waals surface area contributed by atoms with Gasteiger partial charge in [-0.1, -0.05) is 12.1 Å². The first kappa shape index (κ1) is 11.9. The highest BCUT2D eigenvalue weighted by Gasteiger charge is 2.13. The molecule has 0 saturated carbocycles. The van der Waals surface area contributed by atoms with Crippen LogP contribution < -0.4 is 11.3 Å². The van der Waals surface area contributed by atoms with Gasteiger partial charge in [0.25, 0.3) is 0 Å². The maximum atomic E-state index is 5.65. The minimum Gasteiger partial charge on any atom is -0.329 e. The Hall–Kier alpha value is -2.18. The number of aromatic nitrogens is 4. The molecule has 0 aliphatic rings. The Kier molecular flexibility index (Phi) is 3.02. The Labute approximate surface area is 110 Å². The van der Waals surface area contributed by atoms with Crippen molar-refractivity contribution in [3.63, 3.8) is 0 Å². The van der Waals surface area contributed by atoms with Gasteiger partial charge in [0.2, 0.25) is 0 Å². The zero-order valence-electron chi connectivity index (χ0n) is 10.7. The second kappa shape index (κ2) is 4.83. The first-order chi connectivity index (χ1) is 9.28. The number of nitrogens with one attached hydrogen (secondary N) is 1. The molecular weight excluding hydrogens is 240 g/mol. The SMILES string of the molecule is Cn1cc(C(Cn2cnc3ccccc32)NN)cn1. The van der Waals surface area contributed by atoms with Crippen LogP contribution in [0.15, 0.2) is 43.0 Å². The van der Waals surface area contributed by atoms with E-state index in [4.69, 9.17) is 5.84 Å². The number of fused-ring (bicyclic) bond motifs is 1. The molecule has 0 aliphatic heterocycles. The summed E-state index contributed by atoms with van der Waals surface area (Å²) in [6.07, 6.45) is 5.62. The van der Waals surface area contributed by atoms with Crippen molar-refractivity contribution in [3.05, 3.63) is 48.5 Å². The van der Waals surface area contributed by atoms with Gasteiger partial charge in [-0.15, -0.1) is 0 Å². The number of nitrogens with zero attached hydrogens (tertiary/aromatic N) is 4. The van der Waals surface area contributed by atoms with E-state index in [0.717, 1.165) is 16.6 Å². The molecule has 19 heavy (non-hydrogen) atoms. The molecule has 3 rings (SSSR count). The molecule has 0 bridgehead atoms. The third-order valence-electron chi connectivity index (χ3n) is 3.24. The van der Waals surface area contributed by atoms with Gasteiger partial charge in [0.1, 0.15) is 0 Å². The van der Waals surface area contributed by atoms with Crippen molar-refractivity contribution in [1.82, 2.24) is 24.8 Å². The lowest BCUT2D eigenvalue weighted by Crippen LogP contribution is -2.30. The highest BCUT2D eigenvalue weighted by Crippen LogP contribution is 2.17. The fourth-order valence-corrected chi connectivity index (χ4v) is 2.23. The average molecular weight is 256 g/mol. The first-order valence-corrected chi connectivity index (χ1v) is 6.12. The number of imidazole rings is 1. The van der Waals surface area contributed by atoms with Crippen LogP contribution in [-0.4, -0.2) is 19.3 Å². The number of hydrazine groups is 1. The van der Waals surface area contributed by atoms with E-state index in [9.17, 15) is 0 Å². The van der Waals surface area contributed by atoms with Gasteiger partial charge >= 0.3 is 0 Å². The summed E-state index contributed by atoms with van der Waals surface area (Å²) in [4.78, 5) is 4.38. The van der Waals surface area contributed by atoms with Crippen molar-refractivity contribution in [2.75, 3.05) is 0 Å². The lowest BCUT2D eigenvalue weighted by molar-refractivity contribution is 0.481. The fraction of sp³-hybridized carbons (Fsp3) is 0.231. The monoisotopic (exact) mass is 256 g/mol. The number of benzene rings is 1. The lowest BCUT2D eigenvalue weighted by atomic mass is 10.1. The molecule has 2 aromatic heterocycles. The second-order valence-electron chi connectivity index (χ2n) is 4.55. The molecule has 0 fully saturated rings. The predicted molar refractivity (Wildman–Crippen MR) is 73.0 cm³/mol. The van der Waals surface area contributed by atoms with Gasteiger partial charge in [-0.05, 0) is 12.1 Å². The number of hydrogen-bond donors (Lipinski definition) is 2. The molecule has 98 valence electrons. The molecule has 1 aromatic carbocycles. The highest BCUT2D eigenvalue weighted by molar-refractivity contribution is 5.74. The van der Waals surface area contributed by atoms with Gasteiger partial charge in [0.15, 0.2) is 0 Å². The van der Waals surface area contributed by atoms with Crippen molar-refractivity contribution in [1.29, 1.82) is 0 Å². The van der Waals surface area contributed by atoms with E-state index in [1.165, 1.54) is 0 Å². The van der Waals surface area contributed by atoms with Crippen LogP contribution in [0.2, 0.25) is 0 Å². The third-order valence-corrected chi connectivity index (χ3v) is 3.24. The van der Waals surface area contributed by atoms with Crippen LogP contribution in [0.1, 0.15) is 11.6 Å². The van der Waals surface area contributed by atoms with Crippen LogP contribution in [-0.2, 0) is 13.6 Å². The van der Waals surface area contributed by atoms with Crippen LogP contribution in [0.4, 0.5) is 0 Å². The van der Waals surface area contributed by atoms with Gasteiger partial charge in [-0.3, -0.25) is 16.0 Å². The second-order valence-corrected chi connectivity index (χ2v) is 4.55. The fourth-order valence-electron chi connectivity index (χ4n) is 2.23. The Balaban J connectivity index is 1.90. The summed E-state index contributed by atoms with van der Waals surface area (Å²) in [6.45, 7) is 0.711. The normalized spacial score (nSPS) is 12.9. The summed E-state index contributed by atoms with van der Waals surface area (Å²) >= 11 is 0. The average Bonchev–Trinajstić information content (AvgIpc) is 3.03. The minimum atomic E-state index is 0.00584. The minimum absolute atomic E-state index is 0.00584. The van der Waals surface area contributed by atoms with Gasteiger partial charge in [-0.25, -0.2) is 4.98 Å². The molecule has 1 atom stereocenters. The Morgan fingerprint density at radius 2 is 2.21 bits per heavy atom. The van der Waals surface area contributed by atoms with Gasteiger partial charge in [-0.2, -0.15) is 5.10 Å². The van der Waals surface area contributed by atoms with Gasteiger partial charge < -0.3 is 4.57 Å². The van der Waals surface area contributed by atoms with Crippen molar-refractivity contribution in [2.45, 2.75) is 12.6 Å². The molecule has 2 heterocycles. The van der Waals surface area contributed by atoms with E-state index in [0.29, 0.717) is 6.54 Å². The number of nitrogens with two attached hydrogens (primary N) is 1. The molecule has 3 N–H and O–H groups in total. The zero-order chi connectivity index (χ0) is 13.2. The van der Waals surface area contributed by atoms with Crippen LogP contribution >= 0.6 is 0 Å². The topological polar surface area (TPSA) is 73.7 Å². The smallest absolute Gasteiger partial charge is 0.0958 e. The number of aryl methyl sites for hydroxylation is 1. The maximum Gasteiger partial charge on any atom is 0.0958 e. The Bertz CT molecular complexity index is 683. The summed E-state index contributed by atoms with van der Waals surface area (Å²) in [5, 5.41) is 4.17. The van der Waals surface area contributed by atoms with E-state index >= 15 is 0 Å². The molecule has 0 aliphatic carbocycles. The van der Waals surface area contributed by atoms with Crippen molar-refractivity contribution in [3.8, 4) is 0 Å². The molecule has 0 spiro atoms. The van der Waals surface area contributed by atoms with E-state index in [-0.39, 0.29) is 6.04 Å². The Morgan fingerprint density at radius 1 is 1.37 bits per heavy atom. The molecule has 3 aromatic rings. The van der Waals surface area contributed by atoms with Crippen molar-refractivity contribution < 1.29 is 0 Å². The molecule has 6 nitrogen and oxygen atoms in total. The van der Waals surface area contributed by atoms with E-state index in [1.54, 1.807) is 4.68 Å². The van der Waals surface area contributed by atoms with Crippen molar-refractivity contribution in [2.24, 2.45) is 12.9 Å². The van der Waals surface area contributed by atoms with E-state index in [1.807, 2.05) is 44.0 Å². The number of rotatable bonds is 4. The zero-order valence-corrected chi connectivity index (χ0v) is 10.7. The molecule has 6 heteroatoms. The maximum absolute atomic E-state index is 5.65. The highest BCUT2D eigenvalue weighted by atomic mass is 15.3. The third kappa shape index (κ3) is 2.23. The summed E-state index contributed by atoms with van der Waals surface area (Å²) in [6, 6.07) is 8.06. The first-order valence-electron chi connectivity index (χ1n) is 6.12. The van der Waals surface area contributed by atoms with E-state index < -0.39 is 0 Å². The number of hydrogen-bond acceptors (Lipinski definition) is 4. The molecule has 0 saturated heterocycles. The summed E-state index contributed by atoms with van der Waals surface area (Å²) in [5.74, 6) is 5.65. The molecule has 1 unspecified atom stereocenters.